The highest BCUT2D eigenvalue weighted by Crippen LogP contribution is 2.38. The Morgan fingerprint density at radius 2 is 1.48 bits per heavy atom. The van der Waals surface area contributed by atoms with Gasteiger partial charge in [-0.2, -0.15) is 0 Å². The van der Waals surface area contributed by atoms with Gasteiger partial charge in [0, 0.05) is 0 Å². The molecule has 1 aromatic carbocycles. The van der Waals surface area contributed by atoms with Crippen LogP contribution in [0.4, 0.5) is 0 Å². The molecule has 0 nitrogen and oxygen atoms in total. The van der Waals surface area contributed by atoms with E-state index in [-0.39, 0.29) is 10.3 Å². The molecule has 0 aliphatic carbocycles. The molecule has 1 rings (SSSR count). The monoisotopic (exact) mass is 356 g/mol. The van der Waals surface area contributed by atoms with Crippen molar-refractivity contribution in [3.05, 3.63) is 35.9 Å². The van der Waals surface area contributed by atoms with Gasteiger partial charge in [-0.05, 0) is 24.3 Å². The zero-order valence-electron chi connectivity index (χ0n) is 15.2. The minimum Gasteiger partial charge on any atom is -0.121 e. The zero-order chi connectivity index (χ0) is 17.1. The summed E-state index contributed by atoms with van der Waals surface area (Å²) in [6.45, 7) is 6.64. The topological polar surface area (TPSA) is 0 Å². The van der Waals surface area contributed by atoms with Crippen LogP contribution in [-0.2, 0) is 6.42 Å². The average molecular weight is 357 g/mol. The molecule has 2 atom stereocenters. The van der Waals surface area contributed by atoms with E-state index in [1.165, 1.54) is 50.5 Å². The van der Waals surface area contributed by atoms with Crippen molar-refractivity contribution in [1.82, 2.24) is 0 Å². The van der Waals surface area contributed by atoms with Gasteiger partial charge < -0.3 is 0 Å². The molecule has 0 radical (unpaired) electrons. The first-order valence-corrected chi connectivity index (χ1v) is 10.2. The molecule has 2 unspecified atom stereocenters. The van der Waals surface area contributed by atoms with Gasteiger partial charge >= 0.3 is 0 Å². The molecule has 0 saturated carbocycles. The normalized spacial score (nSPS) is 15.6. The molecular formula is C21H34Cl2. The maximum Gasteiger partial charge on any atom is 0.0672 e. The highest BCUT2D eigenvalue weighted by atomic mass is 35.5. The molecule has 0 aliphatic heterocycles. The van der Waals surface area contributed by atoms with Crippen molar-refractivity contribution in [2.45, 2.75) is 88.8 Å². The molecule has 23 heavy (non-hydrogen) atoms. The van der Waals surface area contributed by atoms with Crippen LogP contribution in [0.3, 0.4) is 0 Å². The summed E-state index contributed by atoms with van der Waals surface area (Å²) in [6, 6.07) is 10.5. The van der Waals surface area contributed by atoms with Crippen molar-refractivity contribution >= 4 is 23.2 Å². The standard InChI is InChI=1S/C21H34Cl2/c1-4-5-6-7-8-9-13-16-20(22)21(23,18(2)3)17-19-14-11-10-12-15-19/h10-12,14-15,18,20H,4-9,13,16-17H2,1-3H3. The van der Waals surface area contributed by atoms with Crippen molar-refractivity contribution < 1.29 is 0 Å². The molecule has 0 aromatic heterocycles. The van der Waals surface area contributed by atoms with Gasteiger partial charge in [-0.25, -0.2) is 0 Å². The molecule has 0 fully saturated rings. The quantitative estimate of drug-likeness (QED) is 0.267. The van der Waals surface area contributed by atoms with Crippen molar-refractivity contribution in [2.75, 3.05) is 0 Å². The molecular weight excluding hydrogens is 323 g/mol. The van der Waals surface area contributed by atoms with Crippen molar-refractivity contribution in [2.24, 2.45) is 5.92 Å². The van der Waals surface area contributed by atoms with E-state index in [0.717, 1.165) is 12.8 Å². The third-order valence-corrected chi connectivity index (χ3v) is 6.41. The summed E-state index contributed by atoms with van der Waals surface area (Å²) in [7, 11) is 0. The van der Waals surface area contributed by atoms with Gasteiger partial charge in [0.05, 0.1) is 10.3 Å². The number of benzene rings is 1. The number of hydrogen-bond donors (Lipinski definition) is 0. The molecule has 0 heterocycles. The summed E-state index contributed by atoms with van der Waals surface area (Å²) < 4.78 is 0. The van der Waals surface area contributed by atoms with Gasteiger partial charge in [0.2, 0.25) is 0 Å². The molecule has 2 heteroatoms. The molecule has 0 spiro atoms. The second-order valence-electron chi connectivity index (χ2n) is 7.12. The Kier molecular flexibility index (Phi) is 10.3. The third kappa shape index (κ3) is 7.48. The fourth-order valence-corrected chi connectivity index (χ4v) is 3.85. The number of unbranched alkanes of at least 4 members (excludes halogenated alkanes) is 6. The van der Waals surface area contributed by atoms with Gasteiger partial charge in [0.25, 0.3) is 0 Å². The predicted octanol–water partition coefficient (Wildman–Crippen LogP) is 7.61. The summed E-state index contributed by atoms with van der Waals surface area (Å²) in [5.74, 6) is 0.358. The van der Waals surface area contributed by atoms with Gasteiger partial charge in [0.1, 0.15) is 0 Å². The fraction of sp³-hybridized carbons (Fsp3) is 0.714. The summed E-state index contributed by atoms with van der Waals surface area (Å²) in [6.07, 6.45) is 11.1. The zero-order valence-corrected chi connectivity index (χ0v) is 16.7. The van der Waals surface area contributed by atoms with E-state index < -0.39 is 0 Å². The lowest BCUT2D eigenvalue weighted by Crippen LogP contribution is -2.40. The second kappa shape index (κ2) is 11.4. The molecule has 0 amide bonds. The van der Waals surface area contributed by atoms with Crippen LogP contribution in [-0.4, -0.2) is 10.3 Å². The van der Waals surface area contributed by atoms with Crippen LogP contribution in [0.1, 0.15) is 77.7 Å². The maximum atomic E-state index is 7.01. The Morgan fingerprint density at radius 1 is 0.913 bits per heavy atom. The Balaban J connectivity index is 2.43. The summed E-state index contributed by atoms with van der Waals surface area (Å²) in [5.41, 5.74) is 1.28. The van der Waals surface area contributed by atoms with Crippen LogP contribution in [0.5, 0.6) is 0 Å². The lowest BCUT2D eigenvalue weighted by atomic mass is 9.83. The first-order valence-electron chi connectivity index (χ1n) is 9.37. The first kappa shape index (κ1) is 20.8. The van der Waals surface area contributed by atoms with Crippen LogP contribution in [0.2, 0.25) is 0 Å². The van der Waals surface area contributed by atoms with Crippen molar-refractivity contribution in [3.63, 3.8) is 0 Å². The van der Waals surface area contributed by atoms with E-state index in [1.54, 1.807) is 0 Å². The van der Waals surface area contributed by atoms with E-state index in [4.69, 9.17) is 23.2 Å². The smallest absolute Gasteiger partial charge is 0.0672 e. The summed E-state index contributed by atoms with van der Waals surface area (Å²) in [4.78, 5) is -0.356. The highest BCUT2D eigenvalue weighted by Gasteiger charge is 2.38. The van der Waals surface area contributed by atoms with E-state index in [9.17, 15) is 0 Å². The molecule has 132 valence electrons. The third-order valence-electron chi connectivity index (χ3n) is 4.86. The maximum absolute atomic E-state index is 7.01. The average Bonchev–Trinajstić information content (AvgIpc) is 2.54. The van der Waals surface area contributed by atoms with E-state index in [2.05, 4.69) is 45.0 Å². The lowest BCUT2D eigenvalue weighted by molar-refractivity contribution is 0.383. The van der Waals surface area contributed by atoms with Gasteiger partial charge in [-0.1, -0.05) is 96.0 Å². The van der Waals surface area contributed by atoms with E-state index >= 15 is 0 Å². The minimum absolute atomic E-state index is 0.0278. The predicted molar refractivity (Wildman–Crippen MR) is 106 cm³/mol. The van der Waals surface area contributed by atoms with Crippen LogP contribution in [0, 0.1) is 5.92 Å². The molecule has 0 N–H and O–H groups in total. The molecule has 0 bridgehead atoms. The minimum atomic E-state index is -0.356. The fourth-order valence-electron chi connectivity index (χ4n) is 3.11. The van der Waals surface area contributed by atoms with E-state index in [0.29, 0.717) is 5.92 Å². The van der Waals surface area contributed by atoms with Gasteiger partial charge in [0.15, 0.2) is 0 Å². The van der Waals surface area contributed by atoms with Crippen molar-refractivity contribution in [1.29, 1.82) is 0 Å². The van der Waals surface area contributed by atoms with Crippen LogP contribution in [0.25, 0.3) is 0 Å². The van der Waals surface area contributed by atoms with Gasteiger partial charge in [-0.3, -0.25) is 0 Å². The molecule has 1 aromatic rings. The first-order chi connectivity index (χ1) is 11.0. The van der Waals surface area contributed by atoms with Gasteiger partial charge in [-0.15, -0.1) is 23.2 Å². The number of rotatable bonds is 12. The molecule has 0 aliphatic rings. The van der Waals surface area contributed by atoms with Crippen LogP contribution >= 0.6 is 23.2 Å². The highest BCUT2D eigenvalue weighted by molar-refractivity contribution is 6.32. The van der Waals surface area contributed by atoms with Crippen LogP contribution < -0.4 is 0 Å². The summed E-state index contributed by atoms with van der Waals surface area (Å²) >= 11 is 13.8. The van der Waals surface area contributed by atoms with Crippen molar-refractivity contribution in [3.8, 4) is 0 Å². The van der Waals surface area contributed by atoms with E-state index in [1.807, 2.05) is 6.07 Å². The SMILES string of the molecule is CCCCCCCCCC(Cl)C(Cl)(Cc1ccccc1)C(C)C. The Hall–Kier alpha value is -0.200. The number of halogens is 2. The summed E-state index contributed by atoms with van der Waals surface area (Å²) in [5, 5.41) is 0.0278. The number of alkyl halides is 2. The lowest BCUT2D eigenvalue weighted by Gasteiger charge is -2.36. The van der Waals surface area contributed by atoms with Crippen LogP contribution in [0.15, 0.2) is 30.3 Å². The second-order valence-corrected chi connectivity index (χ2v) is 8.35. The Bertz CT molecular complexity index is 402. The number of hydrogen-bond acceptors (Lipinski definition) is 0. The Labute approximate surface area is 154 Å². The largest absolute Gasteiger partial charge is 0.121 e. The Morgan fingerprint density at radius 3 is 2.04 bits per heavy atom. The molecule has 0 saturated heterocycles.